The predicted molar refractivity (Wildman–Crippen MR) is 108 cm³/mol. The average Bonchev–Trinajstić information content (AvgIpc) is 2.62. The summed E-state index contributed by atoms with van der Waals surface area (Å²) in [7, 11) is -2.05. The van der Waals surface area contributed by atoms with Gasteiger partial charge in [-0.05, 0) is 48.2 Å². The quantitative estimate of drug-likeness (QED) is 0.771. The minimum atomic E-state index is -3.57. The molecule has 146 valence electrons. The minimum Gasteiger partial charge on any atom is -0.497 e. The first-order valence-corrected chi connectivity index (χ1v) is 10.6. The second-order valence-corrected chi connectivity index (χ2v) is 9.08. The normalized spacial score (nSPS) is 12.7. The number of rotatable bonds is 7. The molecule has 0 saturated heterocycles. The van der Waals surface area contributed by atoms with Gasteiger partial charge in [0.05, 0.1) is 17.8 Å². The number of carbonyl (C=O) groups excluding carboxylic acids is 1. The van der Waals surface area contributed by atoms with E-state index < -0.39 is 15.8 Å². The molecule has 1 atom stereocenters. The number of hydrogen-bond donors (Lipinski definition) is 1. The first kappa shape index (κ1) is 21.0. The lowest BCUT2D eigenvalue weighted by molar-refractivity contribution is -0.118. The second kappa shape index (κ2) is 8.57. The monoisotopic (exact) mass is 389 g/mol. The molecule has 6 heteroatoms. The van der Waals surface area contributed by atoms with Crippen molar-refractivity contribution in [2.75, 3.05) is 18.2 Å². The van der Waals surface area contributed by atoms with Gasteiger partial charge in [0, 0.05) is 11.6 Å². The van der Waals surface area contributed by atoms with Gasteiger partial charge in [-0.15, -0.1) is 0 Å². The zero-order valence-corrected chi connectivity index (χ0v) is 17.3. The maximum atomic E-state index is 12.7. The highest BCUT2D eigenvalue weighted by Crippen LogP contribution is 2.28. The third-order valence-electron chi connectivity index (χ3n) is 4.51. The highest BCUT2D eigenvalue weighted by atomic mass is 32.2. The number of sulfone groups is 1. The van der Waals surface area contributed by atoms with Crippen LogP contribution in [-0.2, 0) is 14.6 Å². The van der Waals surface area contributed by atoms with Crippen LogP contribution in [0.1, 0.15) is 37.8 Å². The molecule has 0 radical (unpaired) electrons. The van der Waals surface area contributed by atoms with Gasteiger partial charge < -0.3 is 10.1 Å². The Bertz CT molecular complexity index is 902. The smallest absolute Gasteiger partial charge is 0.228 e. The Labute approximate surface area is 161 Å². The molecule has 2 aromatic rings. The fourth-order valence-corrected chi connectivity index (χ4v) is 4.43. The molecule has 1 amide bonds. The summed E-state index contributed by atoms with van der Waals surface area (Å²) in [4.78, 5) is 12.8. The van der Waals surface area contributed by atoms with Crippen molar-refractivity contribution in [1.29, 1.82) is 0 Å². The highest BCUT2D eigenvalue weighted by Gasteiger charge is 2.24. The first-order chi connectivity index (χ1) is 12.7. The van der Waals surface area contributed by atoms with E-state index in [1.807, 2.05) is 25.1 Å². The Hall–Kier alpha value is -2.34. The average molecular weight is 390 g/mol. The molecule has 0 heterocycles. The SMILES string of the molecule is COc1ccc(S(=O)(=O)CC(C)C(=O)Nc2c(C)cccc2C(C)C)cc1. The summed E-state index contributed by atoms with van der Waals surface area (Å²) in [6.07, 6.45) is 0. The Kier molecular flexibility index (Phi) is 6.65. The van der Waals surface area contributed by atoms with Gasteiger partial charge in [0.1, 0.15) is 5.75 Å². The molecular weight excluding hydrogens is 362 g/mol. The summed E-state index contributed by atoms with van der Waals surface area (Å²) < 4.78 is 30.3. The molecule has 0 saturated carbocycles. The summed E-state index contributed by atoms with van der Waals surface area (Å²) in [5.74, 6) is -0.410. The van der Waals surface area contributed by atoms with Gasteiger partial charge in [-0.1, -0.05) is 39.0 Å². The molecule has 1 N–H and O–H groups in total. The molecule has 2 rings (SSSR count). The van der Waals surface area contributed by atoms with Crippen LogP contribution in [0.15, 0.2) is 47.4 Å². The summed E-state index contributed by atoms with van der Waals surface area (Å²) in [6.45, 7) is 7.67. The van der Waals surface area contributed by atoms with Crippen LogP contribution in [0.4, 0.5) is 5.69 Å². The predicted octanol–water partition coefficient (Wildman–Crippen LogP) is 4.18. The van der Waals surface area contributed by atoms with Gasteiger partial charge in [0.15, 0.2) is 9.84 Å². The van der Waals surface area contributed by atoms with E-state index in [-0.39, 0.29) is 22.5 Å². The van der Waals surface area contributed by atoms with E-state index in [4.69, 9.17) is 4.74 Å². The highest BCUT2D eigenvalue weighted by molar-refractivity contribution is 7.91. The molecular formula is C21H27NO4S. The van der Waals surface area contributed by atoms with Crippen molar-refractivity contribution >= 4 is 21.4 Å². The Morgan fingerprint density at radius 3 is 2.26 bits per heavy atom. The van der Waals surface area contributed by atoms with Crippen LogP contribution >= 0.6 is 0 Å². The standard InChI is InChI=1S/C21H27NO4S/c1-14(2)19-8-6-7-15(3)20(19)22-21(23)16(4)13-27(24,25)18-11-9-17(26-5)10-12-18/h6-12,14,16H,13H2,1-5H3,(H,22,23). The van der Waals surface area contributed by atoms with Gasteiger partial charge in [-0.25, -0.2) is 8.42 Å². The molecule has 0 aliphatic rings. The Balaban J connectivity index is 2.16. The van der Waals surface area contributed by atoms with Crippen molar-refractivity contribution < 1.29 is 17.9 Å². The van der Waals surface area contributed by atoms with Crippen LogP contribution in [0.3, 0.4) is 0 Å². The third-order valence-corrected chi connectivity index (χ3v) is 6.44. The number of hydrogen-bond acceptors (Lipinski definition) is 4. The van der Waals surface area contributed by atoms with Crippen LogP contribution in [0.25, 0.3) is 0 Å². The lowest BCUT2D eigenvalue weighted by Crippen LogP contribution is -2.27. The Morgan fingerprint density at radius 2 is 1.70 bits per heavy atom. The second-order valence-electron chi connectivity index (χ2n) is 7.04. The molecule has 1 unspecified atom stereocenters. The van der Waals surface area contributed by atoms with Crippen molar-refractivity contribution in [3.05, 3.63) is 53.6 Å². The van der Waals surface area contributed by atoms with E-state index in [0.29, 0.717) is 5.75 Å². The number of anilines is 1. The summed E-state index contributed by atoms with van der Waals surface area (Å²) in [5.41, 5.74) is 2.76. The molecule has 5 nitrogen and oxygen atoms in total. The topological polar surface area (TPSA) is 72.5 Å². The van der Waals surface area contributed by atoms with Crippen LogP contribution < -0.4 is 10.1 Å². The summed E-state index contributed by atoms with van der Waals surface area (Å²) in [6, 6.07) is 12.1. The molecule has 0 fully saturated rings. The zero-order chi connectivity index (χ0) is 20.2. The number of nitrogens with one attached hydrogen (secondary N) is 1. The van der Waals surface area contributed by atoms with E-state index in [0.717, 1.165) is 16.8 Å². The van der Waals surface area contributed by atoms with Gasteiger partial charge in [0.25, 0.3) is 0 Å². The van der Waals surface area contributed by atoms with Crippen molar-refractivity contribution in [2.24, 2.45) is 5.92 Å². The van der Waals surface area contributed by atoms with Crippen LogP contribution in [0.5, 0.6) is 5.75 Å². The number of methoxy groups -OCH3 is 1. The maximum Gasteiger partial charge on any atom is 0.228 e. The molecule has 0 bridgehead atoms. The van der Waals surface area contributed by atoms with Crippen LogP contribution in [-0.4, -0.2) is 27.2 Å². The lowest BCUT2D eigenvalue weighted by Gasteiger charge is -2.19. The van der Waals surface area contributed by atoms with E-state index in [9.17, 15) is 13.2 Å². The largest absolute Gasteiger partial charge is 0.497 e. The maximum absolute atomic E-state index is 12.7. The molecule has 2 aromatic carbocycles. The number of ether oxygens (including phenoxy) is 1. The number of benzene rings is 2. The van der Waals surface area contributed by atoms with Gasteiger partial charge >= 0.3 is 0 Å². The minimum absolute atomic E-state index is 0.182. The molecule has 0 aliphatic heterocycles. The van der Waals surface area contributed by atoms with E-state index >= 15 is 0 Å². The van der Waals surface area contributed by atoms with Crippen LogP contribution in [0, 0.1) is 12.8 Å². The number of amides is 1. The third kappa shape index (κ3) is 5.10. The van der Waals surface area contributed by atoms with Gasteiger partial charge in [-0.3, -0.25) is 4.79 Å². The van der Waals surface area contributed by atoms with Crippen molar-refractivity contribution in [3.63, 3.8) is 0 Å². The van der Waals surface area contributed by atoms with Crippen molar-refractivity contribution in [1.82, 2.24) is 0 Å². The van der Waals surface area contributed by atoms with Crippen molar-refractivity contribution in [3.8, 4) is 5.75 Å². The van der Waals surface area contributed by atoms with E-state index in [1.54, 1.807) is 19.1 Å². The number of aryl methyl sites for hydroxylation is 1. The molecule has 0 spiro atoms. The first-order valence-electron chi connectivity index (χ1n) is 8.93. The molecule has 0 aromatic heterocycles. The fourth-order valence-electron chi connectivity index (χ4n) is 2.87. The summed E-state index contributed by atoms with van der Waals surface area (Å²) >= 11 is 0. The lowest BCUT2D eigenvalue weighted by atomic mass is 9.98. The van der Waals surface area contributed by atoms with Crippen molar-refractivity contribution in [2.45, 2.75) is 38.5 Å². The van der Waals surface area contributed by atoms with Gasteiger partial charge in [-0.2, -0.15) is 0 Å². The van der Waals surface area contributed by atoms with E-state index in [1.165, 1.54) is 19.2 Å². The fraction of sp³-hybridized carbons (Fsp3) is 0.381. The molecule has 27 heavy (non-hydrogen) atoms. The number of carbonyl (C=O) groups is 1. The van der Waals surface area contributed by atoms with Crippen LogP contribution in [0.2, 0.25) is 0 Å². The van der Waals surface area contributed by atoms with E-state index in [2.05, 4.69) is 19.2 Å². The zero-order valence-electron chi connectivity index (χ0n) is 16.4. The molecule has 0 aliphatic carbocycles. The van der Waals surface area contributed by atoms with Gasteiger partial charge in [0.2, 0.25) is 5.91 Å². The summed E-state index contributed by atoms with van der Waals surface area (Å²) in [5, 5.41) is 2.93. The number of para-hydroxylation sites is 1. The Morgan fingerprint density at radius 1 is 1.07 bits per heavy atom.